The number of ether oxygens (including phenoxy) is 1. The van der Waals surface area contributed by atoms with Gasteiger partial charge < -0.3 is 30.7 Å². The lowest BCUT2D eigenvalue weighted by Gasteiger charge is -2.31. The molecule has 5 N–H and O–H groups in total. The van der Waals surface area contributed by atoms with Crippen molar-refractivity contribution in [1.29, 1.82) is 0 Å². The molecular weight excluding hydrogens is 606 g/mol. The number of aromatic hydroxyl groups is 1. The summed E-state index contributed by atoms with van der Waals surface area (Å²) in [4.78, 5) is 40.4. The number of carbonyl (C=O) groups excluding carboxylic acids is 3. The number of benzene rings is 4. The van der Waals surface area contributed by atoms with Crippen LogP contribution in [-0.2, 0) is 11.3 Å². The van der Waals surface area contributed by atoms with Gasteiger partial charge in [-0.15, -0.1) is 0 Å². The summed E-state index contributed by atoms with van der Waals surface area (Å²) in [6.07, 6.45) is 0.898. The standard InChI is InChI=1S/C38H43N5O5/c44-32-15-13-28(14-16-32)26-39-19-20-41-37(46)31-10-6-9-30(25-31)36(45)27-40-21-24-43-22-17-33(18-23-43)48-38(47)42-35-12-5-4-11-34(35)29-7-2-1-3-8-29/h1-16,25,33,39-40,44H,17-24,26-27H2,(H,41,46)(H,42,47). The number of hydrogen-bond donors (Lipinski definition) is 5. The van der Waals surface area contributed by atoms with Gasteiger partial charge in [-0.2, -0.15) is 0 Å². The minimum absolute atomic E-state index is 0.0767. The lowest BCUT2D eigenvalue weighted by atomic mass is 10.0. The maximum atomic E-state index is 12.8. The smallest absolute Gasteiger partial charge is 0.411 e. The van der Waals surface area contributed by atoms with Crippen molar-refractivity contribution in [2.24, 2.45) is 0 Å². The maximum Gasteiger partial charge on any atom is 0.411 e. The molecule has 10 nitrogen and oxygen atoms in total. The van der Waals surface area contributed by atoms with Crippen molar-refractivity contribution in [3.8, 4) is 16.9 Å². The second kappa shape index (κ2) is 17.8. The molecule has 4 aromatic rings. The first-order valence-electron chi connectivity index (χ1n) is 16.4. The zero-order valence-electron chi connectivity index (χ0n) is 27.0. The fourth-order valence-corrected chi connectivity index (χ4v) is 5.59. The van der Waals surface area contributed by atoms with Crippen LogP contribution >= 0.6 is 0 Å². The summed E-state index contributed by atoms with van der Waals surface area (Å²) in [5, 5.41) is 21.6. The van der Waals surface area contributed by atoms with Crippen molar-refractivity contribution in [3.05, 3.63) is 120 Å². The molecule has 1 saturated heterocycles. The molecule has 1 aliphatic rings. The largest absolute Gasteiger partial charge is 0.508 e. The van der Waals surface area contributed by atoms with Crippen molar-refractivity contribution >= 4 is 23.5 Å². The van der Waals surface area contributed by atoms with Crippen LogP contribution in [0.2, 0.25) is 0 Å². The van der Waals surface area contributed by atoms with Crippen molar-refractivity contribution < 1.29 is 24.2 Å². The zero-order valence-corrected chi connectivity index (χ0v) is 27.0. The summed E-state index contributed by atoms with van der Waals surface area (Å²) in [5.41, 5.74) is 4.65. The predicted molar refractivity (Wildman–Crippen MR) is 187 cm³/mol. The summed E-state index contributed by atoms with van der Waals surface area (Å²) < 4.78 is 5.74. The number of anilines is 1. The molecule has 0 aliphatic carbocycles. The van der Waals surface area contributed by atoms with Gasteiger partial charge in [0.25, 0.3) is 5.91 Å². The van der Waals surface area contributed by atoms with Gasteiger partial charge in [-0.25, -0.2) is 4.79 Å². The molecule has 1 aliphatic heterocycles. The average Bonchev–Trinajstić information content (AvgIpc) is 3.12. The van der Waals surface area contributed by atoms with E-state index in [0.29, 0.717) is 43.0 Å². The molecular formula is C38H43N5O5. The highest BCUT2D eigenvalue weighted by Gasteiger charge is 2.22. The summed E-state index contributed by atoms with van der Waals surface area (Å²) in [7, 11) is 0. The van der Waals surface area contributed by atoms with Gasteiger partial charge in [0.15, 0.2) is 5.78 Å². The Morgan fingerprint density at radius 1 is 0.771 bits per heavy atom. The molecule has 2 amide bonds. The van der Waals surface area contributed by atoms with E-state index in [0.717, 1.165) is 49.2 Å². The van der Waals surface area contributed by atoms with Crippen molar-refractivity contribution in [1.82, 2.24) is 20.9 Å². The number of Topliss-reactive ketones (excluding diaryl/α,β-unsaturated/α-hetero) is 1. The van der Waals surface area contributed by atoms with Gasteiger partial charge >= 0.3 is 6.09 Å². The van der Waals surface area contributed by atoms with E-state index in [-0.39, 0.29) is 30.1 Å². The fraction of sp³-hybridized carbons (Fsp3) is 0.289. The number of hydrogen-bond acceptors (Lipinski definition) is 8. The minimum Gasteiger partial charge on any atom is -0.508 e. The Balaban J connectivity index is 0.954. The number of ketones is 1. The van der Waals surface area contributed by atoms with E-state index in [1.54, 1.807) is 36.4 Å². The molecule has 250 valence electrons. The number of phenolic OH excluding ortho intramolecular Hbond substituents is 1. The highest BCUT2D eigenvalue weighted by molar-refractivity contribution is 6.01. The monoisotopic (exact) mass is 649 g/mol. The van der Waals surface area contributed by atoms with E-state index >= 15 is 0 Å². The molecule has 0 saturated carbocycles. The fourth-order valence-electron chi connectivity index (χ4n) is 5.59. The number of carbonyl (C=O) groups is 3. The molecule has 4 aromatic carbocycles. The normalized spacial score (nSPS) is 13.5. The molecule has 0 atom stereocenters. The Bertz CT molecular complexity index is 1640. The third-order valence-electron chi connectivity index (χ3n) is 8.25. The molecule has 48 heavy (non-hydrogen) atoms. The molecule has 0 bridgehead atoms. The van der Waals surface area contributed by atoms with Crippen LogP contribution in [0, 0.1) is 0 Å². The quantitative estimate of drug-likeness (QED) is 0.0892. The van der Waals surface area contributed by atoms with E-state index in [1.165, 1.54) is 0 Å². The second-order valence-electron chi connectivity index (χ2n) is 11.8. The van der Waals surface area contributed by atoms with E-state index in [2.05, 4.69) is 26.2 Å². The highest BCUT2D eigenvalue weighted by Crippen LogP contribution is 2.28. The van der Waals surface area contributed by atoms with Crippen LogP contribution < -0.4 is 21.3 Å². The Morgan fingerprint density at radius 3 is 2.29 bits per heavy atom. The summed E-state index contributed by atoms with van der Waals surface area (Å²) >= 11 is 0. The molecule has 0 aromatic heterocycles. The Hall–Kier alpha value is -5.03. The van der Waals surface area contributed by atoms with Gasteiger partial charge in [-0.1, -0.05) is 72.8 Å². The maximum absolute atomic E-state index is 12.8. The van der Waals surface area contributed by atoms with E-state index < -0.39 is 6.09 Å². The predicted octanol–water partition coefficient (Wildman–Crippen LogP) is 5.06. The number of phenols is 1. The van der Waals surface area contributed by atoms with Crippen LogP contribution in [0.3, 0.4) is 0 Å². The topological polar surface area (TPSA) is 132 Å². The number of piperidine rings is 1. The summed E-state index contributed by atoms with van der Waals surface area (Å²) in [6, 6.07) is 31.3. The number of nitrogens with one attached hydrogen (secondary N) is 4. The lowest BCUT2D eigenvalue weighted by molar-refractivity contribution is 0.0593. The molecule has 1 heterocycles. The zero-order chi connectivity index (χ0) is 33.6. The highest BCUT2D eigenvalue weighted by atomic mass is 16.6. The number of amides is 2. The third-order valence-corrected chi connectivity index (χ3v) is 8.25. The second-order valence-corrected chi connectivity index (χ2v) is 11.8. The van der Waals surface area contributed by atoms with Crippen LogP contribution in [0.1, 0.15) is 39.1 Å². The summed E-state index contributed by atoms with van der Waals surface area (Å²) in [5.74, 6) is -0.0786. The first-order valence-corrected chi connectivity index (χ1v) is 16.4. The molecule has 0 radical (unpaired) electrons. The van der Waals surface area contributed by atoms with Gasteiger partial charge in [-0.05, 0) is 54.3 Å². The summed E-state index contributed by atoms with van der Waals surface area (Å²) in [6.45, 7) is 4.86. The first kappa shape index (κ1) is 34.3. The Kier molecular flexibility index (Phi) is 12.7. The van der Waals surface area contributed by atoms with Gasteiger partial charge in [-0.3, -0.25) is 14.9 Å². The van der Waals surface area contributed by atoms with Crippen LogP contribution in [0.4, 0.5) is 10.5 Å². The third kappa shape index (κ3) is 10.5. The molecule has 1 fully saturated rings. The van der Waals surface area contributed by atoms with E-state index in [9.17, 15) is 19.5 Å². The minimum atomic E-state index is -0.447. The Labute approximate surface area is 281 Å². The first-order chi connectivity index (χ1) is 23.4. The number of nitrogens with zero attached hydrogens (tertiary/aromatic N) is 1. The van der Waals surface area contributed by atoms with Crippen LogP contribution in [0.5, 0.6) is 5.75 Å². The molecule has 0 spiro atoms. The van der Waals surface area contributed by atoms with Gasteiger partial charge in [0.2, 0.25) is 0 Å². The van der Waals surface area contributed by atoms with Gasteiger partial charge in [0, 0.05) is 62.5 Å². The van der Waals surface area contributed by atoms with Gasteiger partial charge in [0.05, 0.1) is 12.2 Å². The number of rotatable bonds is 15. The van der Waals surface area contributed by atoms with Gasteiger partial charge in [0.1, 0.15) is 11.9 Å². The number of para-hydroxylation sites is 1. The van der Waals surface area contributed by atoms with Crippen LogP contribution in [0.15, 0.2) is 103 Å². The Morgan fingerprint density at radius 2 is 1.50 bits per heavy atom. The van der Waals surface area contributed by atoms with Crippen molar-refractivity contribution in [2.75, 3.05) is 51.1 Å². The molecule has 0 unspecified atom stereocenters. The van der Waals surface area contributed by atoms with Crippen LogP contribution in [0.25, 0.3) is 11.1 Å². The molecule has 10 heteroatoms. The lowest BCUT2D eigenvalue weighted by Crippen LogP contribution is -2.42. The molecule has 5 rings (SSSR count). The SMILES string of the molecule is O=C(Nc1ccccc1-c1ccccc1)OC1CCN(CCNCC(=O)c2cccc(C(=O)NCCNCc3ccc(O)cc3)c2)CC1. The van der Waals surface area contributed by atoms with Crippen molar-refractivity contribution in [3.63, 3.8) is 0 Å². The number of likely N-dealkylation sites (tertiary alicyclic amines) is 1. The average molecular weight is 650 g/mol. The van der Waals surface area contributed by atoms with E-state index in [4.69, 9.17) is 4.74 Å². The van der Waals surface area contributed by atoms with E-state index in [1.807, 2.05) is 66.7 Å². The van der Waals surface area contributed by atoms with Crippen LogP contribution in [-0.4, -0.2) is 79.7 Å². The van der Waals surface area contributed by atoms with Crippen molar-refractivity contribution in [2.45, 2.75) is 25.5 Å².